The topological polar surface area (TPSA) is 68.8 Å². The molecule has 2 aromatic carbocycles. The van der Waals surface area contributed by atoms with Crippen LogP contribution in [0, 0.1) is 6.92 Å². The number of aryl methyl sites for hydroxylation is 1. The van der Waals surface area contributed by atoms with Gasteiger partial charge in [0.1, 0.15) is 23.9 Å². The van der Waals surface area contributed by atoms with Crippen molar-refractivity contribution in [1.82, 2.24) is 5.32 Å². The zero-order valence-corrected chi connectivity index (χ0v) is 14.1. The van der Waals surface area contributed by atoms with Crippen LogP contribution in [0.4, 0.5) is 10.5 Å². The highest BCUT2D eigenvalue weighted by molar-refractivity contribution is 5.89. The molecule has 0 aliphatic rings. The number of methoxy groups -OCH3 is 2. The lowest BCUT2D eigenvalue weighted by Gasteiger charge is -2.11. The Balaban J connectivity index is 1.79. The molecule has 0 spiro atoms. The molecule has 2 amide bonds. The minimum atomic E-state index is -0.321. The zero-order valence-electron chi connectivity index (χ0n) is 14.1. The lowest BCUT2D eigenvalue weighted by molar-refractivity contribution is 0.247. The fourth-order valence-electron chi connectivity index (χ4n) is 2.09. The number of rotatable bonds is 7. The molecule has 0 atom stereocenters. The zero-order chi connectivity index (χ0) is 17.4. The van der Waals surface area contributed by atoms with E-state index in [-0.39, 0.29) is 6.03 Å². The predicted octanol–water partition coefficient (Wildman–Crippen LogP) is 3.21. The summed E-state index contributed by atoms with van der Waals surface area (Å²) in [5.74, 6) is 2.00. The highest BCUT2D eigenvalue weighted by Crippen LogP contribution is 2.25. The van der Waals surface area contributed by atoms with E-state index in [4.69, 9.17) is 14.2 Å². The molecule has 128 valence electrons. The van der Waals surface area contributed by atoms with Gasteiger partial charge >= 0.3 is 6.03 Å². The third kappa shape index (κ3) is 5.39. The second-order valence-corrected chi connectivity index (χ2v) is 5.15. The molecule has 24 heavy (non-hydrogen) atoms. The van der Waals surface area contributed by atoms with E-state index in [2.05, 4.69) is 10.6 Å². The van der Waals surface area contributed by atoms with Crippen LogP contribution in [0.15, 0.2) is 42.5 Å². The summed E-state index contributed by atoms with van der Waals surface area (Å²) in [4.78, 5) is 11.9. The maximum atomic E-state index is 11.9. The van der Waals surface area contributed by atoms with Crippen LogP contribution in [0.3, 0.4) is 0 Å². The Bertz CT molecular complexity index is 666. The van der Waals surface area contributed by atoms with Crippen molar-refractivity contribution >= 4 is 11.7 Å². The number of amides is 2. The highest BCUT2D eigenvalue weighted by Gasteiger charge is 2.05. The van der Waals surface area contributed by atoms with Crippen LogP contribution in [0.2, 0.25) is 0 Å². The second-order valence-electron chi connectivity index (χ2n) is 5.15. The summed E-state index contributed by atoms with van der Waals surface area (Å²) in [7, 11) is 3.11. The maximum absolute atomic E-state index is 11.9. The summed E-state index contributed by atoms with van der Waals surface area (Å²) >= 11 is 0. The summed E-state index contributed by atoms with van der Waals surface area (Å²) in [5, 5.41) is 5.47. The number of nitrogens with one attached hydrogen (secondary N) is 2. The second kappa shape index (κ2) is 8.67. The van der Waals surface area contributed by atoms with Crippen molar-refractivity contribution in [3.63, 3.8) is 0 Å². The molecule has 0 heterocycles. The summed E-state index contributed by atoms with van der Waals surface area (Å²) in [6.45, 7) is 2.78. The molecular weight excluding hydrogens is 308 g/mol. The van der Waals surface area contributed by atoms with E-state index in [1.807, 2.05) is 31.2 Å². The summed E-state index contributed by atoms with van der Waals surface area (Å²) in [5.41, 5.74) is 1.72. The van der Waals surface area contributed by atoms with Crippen molar-refractivity contribution in [2.75, 3.05) is 32.7 Å². The maximum Gasteiger partial charge on any atom is 0.319 e. The first-order chi connectivity index (χ1) is 11.6. The van der Waals surface area contributed by atoms with Crippen molar-refractivity contribution in [3.8, 4) is 17.2 Å². The summed E-state index contributed by atoms with van der Waals surface area (Å²) in [6.07, 6.45) is 0. The predicted molar refractivity (Wildman–Crippen MR) is 93.2 cm³/mol. The normalized spacial score (nSPS) is 9.96. The minimum Gasteiger partial charge on any atom is -0.497 e. The van der Waals surface area contributed by atoms with Gasteiger partial charge in [0.25, 0.3) is 0 Å². The molecule has 2 N–H and O–H groups in total. The van der Waals surface area contributed by atoms with Gasteiger partial charge < -0.3 is 24.8 Å². The van der Waals surface area contributed by atoms with Gasteiger partial charge in [0.15, 0.2) is 0 Å². The molecule has 6 heteroatoms. The van der Waals surface area contributed by atoms with Gasteiger partial charge in [0, 0.05) is 23.9 Å². The molecule has 0 aromatic heterocycles. The van der Waals surface area contributed by atoms with Crippen LogP contribution in [0.25, 0.3) is 0 Å². The van der Waals surface area contributed by atoms with Gasteiger partial charge in [-0.05, 0) is 24.6 Å². The van der Waals surface area contributed by atoms with Crippen molar-refractivity contribution in [3.05, 3.63) is 48.0 Å². The summed E-state index contributed by atoms with van der Waals surface area (Å²) in [6, 6.07) is 12.6. The van der Waals surface area contributed by atoms with E-state index in [0.717, 1.165) is 11.3 Å². The molecule has 0 radical (unpaired) electrons. The minimum absolute atomic E-state index is 0.321. The van der Waals surface area contributed by atoms with Gasteiger partial charge in [-0.3, -0.25) is 0 Å². The smallest absolute Gasteiger partial charge is 0.319 e. The average Bonchev–Trinajstić information content (AvgIpc) is 2.58. The van der Waals surface area contributed by atoms with E-state index in [9.17, 15) is 4.79 Å². The van der Waals surface area contributed by atoms with Gasteiger partial charge in [-0.2, -0.15) is 0 Å². The van der Waals surface area contributed by atoms with Gasteiger partial charge in [-0.25, -0.2) is 4.79 Å². The first-order valence-electron chi connectivity index (χ1n) is 7.58. The first-order valence-corrected chi connectivity index (χ1v) is 7.58. The first kappa shape index (κ1) is 17.5. The number of carbonyl (C=O) groups excluding carboxylic acids is 1. The third-order valence-corrected chi connectivity index (χ3v) is 3.26. The van der Waals surface area contributed by atoms with E-state index >= 15 is 0 Å². The van der Waals surface area contributed by atoms with Gasteiger partial charge in [0.05, 0.1) is 20.8 Å². The average molecular weight is 330 g/mol. The number of anilines is 1. The van der Waals surface area contributed by atoms with Crippen LogP contribution in [0.1, 0.15) is 5.56 Å². The molecule has 2 rings (SSSR count). The lowest BCUT2D eigenvalue weighted by atomic mass is 10.2. The number of ether oxygens (including phenoxy) is 3. The van der Waals surface area contributed by atoms with Crippen molar-refractivity contribution in [1.29, 1.82) is 0 Å². The fourth-order valence-corrected chi connectivity index (χ4v) is 2.09. The van der Waals surface area contributed by atoms with E-state index < -0.39 is 0 Å². The number of benzene rings is 2. The monoisotopic (exact) mass is 330 g/mol. The third-order valence-electron chi connectivity index (χ3n) is 3.26. The highest BCUT2D eigenvalue weighted by atomic mass is 16.5. The number of hydrogen-bond donors (Lipinski definition) is 2. The molecule has 0 bridgehead atoms. The number of urea groups is 1. The quantitative estimate of drug-likeness (QED) is 0.765. The van der Waals surface area contributed by atoms with Crippen LogP contribution in [-0.4, -0.2) is 33.4 Å². The Kier molecular flexibility index (Phi) is 6.31. The summed E-state index contributed by atoms with van der Waals surface area (Å²) < 4.78 is 15.9. The molecule has 6 nitrogen and oxygen atoms in total. The molecule has 0 fully saturated rings. The Labute approximate surface area is 141 Å². The SMILES string of the molecule is COc1cc(NC(=O)NCCOc2cccc(C)c2)cc(OC)c1. The molecule has 0 saturated carbocycles. The molecule has 0 aliphatic heterocycles. The van der Waals surface area contributed by atoms with E-state index in [1.165, 1.54) is 0 Å². The Morgan fingerprint density at radius 1 is 1.00 bits per heavy atom. The van der Waals surface area contributed by atoms with Gasteiger partial charge in [-0.1, -0.05) is 12.1 Å². The molecular formula is C18H22N2O4. The fraction of sp³-hybridized carbons (Fsp3) is 0.278. The molecule has 0 saturated heterocycles. The van der Waals surface area contributed by atoms with Crippen LogP contribution in [0.5, 0.6) is 17.2 Å². The van der Waals surface area contributed by atoms with Crippen molar-refractivity contribution in [2.45, 2.75) is 6.92 Å². The van der Waals surface area contributed by atoms with Gasteiger partial charge in [0.2, 0.25) is 0 Å². The molecule has 0 unspecified atom stereocenters. The van der Waals surface area contributed by atoms with E-state index in [0.29, 0.717) is 30.3 Å². The Morgan fingerprint density at radius 3 is 2.33 bits per heavy atom. The van der Waals surface area contributed by atoms with Crippen LogP contribution >= 0.6 is 0 Å². The van der Waals surface area contributed by atoms with Crippen LogP contribution < -0.4 is 24.8 Å². The van der Waals surface area contributed by atoms with Crippen molar-refractivity contribution < 1.29 is 19.0 Å². The molecule has 0 aliphatic carbocycles. The lowest BCUT2D eigenvalue weighted by Crippen LogP contribution is -2.32. The Morgan fingerprint density at radius 2 is 1.71 bits per heavy atom. The molecule has 2 aromatic rings. The van der Waals surface area contributed by atoms with E-state index in [1.54, 1.807) is 32.4 Å². The largest absolute Gasteiger partial charge is 0.497 e. The van der Waals surface area contributed by atoms with Gasteiger partial charge in [-0.15, -0.1) is 0 Å². The van der Waals surface area contributed by atoms with Crippen molar-refractivity contribution in [2.24, 2.45) is 0 Å². The Hall–Kier alpha value is -2.89. The van der Waals surface area contributed by atoms with Crippen LogP contribution in [-0.2, 0) is 0 Å². The number of hydrogen-bond acceptors (Lipinski definition) is 4. The number of carbonyl (C=O) groups is 1. The standard InChI is InChI=1S/C18H22N2O4/c1-13-5-4-6-15(9-13)24-8-7-19-18(21)20-14-10-16(22-2)12-17(11-14)23-3/h4-6,9-12H,7-8H2,1-3H3,(H2,19,20,21).